The number of hydrogen-bond acceptors (Lipinski definition) is 2. The van der Waals surface area contributed by atoms with Gasteiger partial charge in [0.2, 0.25) is 0 Å². The Hall–Kier alpha value is -3.21. The monoisotopic (exact) mass is 394 g/mol. The van der Waals surface area contributed by atoms with Gasteiger partial charge in [-0.2, -0.15) is 0 Å². The van der Waals surface area contributed by atoms with Crippen LogP contribution in [0, 0.1) is 11.6 Å². The van der Waals surface area contributed by atoms with Gasteiger partial charge in [-0.05, 0) is 52.6 Å². The normalized spacial score (nSPS) is 14.4. The summed E-state index contributed by atoms with van der Waals surface area (Å²) >= 11 is 0. The Morgan fingerprint density at radius 2 is 1.66 bits per heavy atom. The van der Waals surface area contributed by atoms with E-state index < -0.39 is 23.5 Å². The third-order valence-corrected chi connectivity index (χ3v) is 5.31. The zero-order valence-corrected chi connectivity index (χ0v) is 15.6. The van der Waals surface area contributed by atoms with Crippen molar-refractivity contribution in [1.29, 1.82) is 0 Å². The summed E-state index contributed by atoms with van der Waals surface area (Å²) in [6.07, 6.45) is 1.40. The molecular weight excluding hydrogens is 374 g/mol. The molecule has 3 aromatic carbocycles. The van der Waals surface area contributed by atoms with Crippen LogP contribution in [0.2, 0.25) is 0 Å². The number of halogens is 2. The van der Waals surface area contributed by atoms with Crippen molar-refractivity contribution in [2.24, 2.45) is 0 Å². The Bertz CT molecular complexity index is 1010. The highest BCUT2D eigenvalue weighted by molar-refractivity contribution is 5.69. The van der Waals surface area contributed by atoms with Crippen molar-refractivity contribution in [3.8, 4) is 5.75 Å². The summed E-state index contributed by atoms with van der Waals surface area (Å²) in [6.45, 7) is 0. The Morgan fingerprint density at radius 3 is 2.28 bits per heavy atom. The topological polar surface area (TPSA) is 46.5 Å². The van der Waals surface area contributed by atoms with E-state index in [4.69, 9.17) is 4.74 Å². The Morgan fingerprint density at radius 1 is 1.00 bits per heavy atom. The SMILES string of the molecule is O=C(O)CC(c1ccc(OC2Cc3ccccc3C2)cc1)c1cc(F)ccc1F. The van der Waals surface area contributed by atoms with E-state index in [1.54, 1.807) is 24.3 Å². The van der Waals surface area contributed by atoms with Gasteiger partial charge in [0.15, 0.2) is 0 Å². The summed E-state index contributed by atoms with van der Waals surface area (Å²) in [7, 11) is 0. The Kier molecular flexibility index (Phi) is 5.30. The summed E-state index contributed by atoms with van der Waals surface area (Å²) in [6, 6.07) is 18.3. The zero-order valence-electron chi connectivity index (χ0n) is 15.6. The van der Waals surface area contributed by atoms with Crippen LogP contribution in [0.3, 0.4) is 0 Å². The van der Waals surface area contributed by atoms with Gasteiger partial charge in [-0.3, -0.25) is 4.79 Å². The van der Waals surface area contributed by atoms with Crippen LogP contribution in [0.5, 0.6) is 5.75 Å². The number of fused-ring (bicyclic) bond motifs is 1. The summed E-state index contributed by atoms with van der Waals surface area (Å²) in [4.78, 5) is 11.3. The van der Waals surface area contributed by atoms with E-state index in [-0.39, 0.29) is 18.1 Å². The van der Waals surface area contributed by atoms with Crippen LogP contribution in [0.25, 0.3) is 0 Å². The molecule has 0 aliphatic heterocycles. The van der Waals surface area contributed by atoms with Crippen molar-refractivity contribution in [3.05, 3.63) is 101 Å². The number of aliphatic carboxylic acids is 1. The van der Waals surface area contributed by atoms with Crippen molar-refractivity contribution >= 4 is 5.97 Å². The van der Waals surface area contributed by atoms with Crippen LogP contribution in [-0.4, -0.2) is 17.2 Å². The van der Waals surface area contributed by atoms with Crippen molar-refractivity contribution < 1.29 is 23.4 Å². The molecule has 1 aliphatic rings. The molecule has 0 saturated carbocycles. The standard InChI is InChI=1S/C24H20F2O3/c25-18-7-10-23(26)22(13-18)21(14-24(27)28)15-5-8-19(9-6-15)29-20-11-16-3-1-2-4-17(16)12-20/h1-10,13,20-21H,11-12,14H2,(H,27,28). The average Bonchev–Trinajstić information content (AvgIpc) is 3.11. The molecule has 3 aromatic rings. The lowest BCUT2D eigenvalue weighted by molar-refractivity contribution is -0.137. The van der Waals surface area contributed by atoms with Gasteiger partial charge in [0.25, 0.3) is 0 Å². The molecule has 0 saturated heterocycles. The second kappa shape index (κ2) is 8.03. The van der Waals surface area contributed by atoms with Gasteiger partial charge < -0.3 is 9.84 Å². The first-order valence-corrected chi connectivity index (χ1v) is 9.50. The Balaban J connectivity index is 1.53. The first-order chi connectivity index (χ1) is 14.0. The molecule has 0 amide bonds. The van der Waals surface area contributed by atoms with E-state index in [0.717, 1.165) is 31.0 Å². The molecule has 0 aromatic heterocycles. The molecule has 0 radical (unpaired) electrons. The highest BCUT2D eigenvalue weighted by Gasteiger charge is 2.24. The largest absolute Gasteiger partial charge is 0.490 e. The maximum Gasteiger partial charge on any atom is 0.304 e. The van der Waals surface area contributed by atoms with Crippen molar-refractivity contribution in [2.45, 2.75) is 31.3 Å². The van der Waals surface area contributed by atoms with Gasteiger partial charge in [0.05, 0.1) is 6.42 Å². The minimum absolute atomic E-state index is 0.0345. The number of carbonyl (C=O) groups is 1. The zero-order chi connectivity index (χ0) is 20.4. The van der Waals surface area contributed by atoms with E-state index in [2.05, 4.69) is 12.1 Å². The van der Waals surface area contributed by atoms with Gasteiger partial charge in [0, 0.05) is 18.8 Å². The predicted molar refractivity (Wildman–Crippen MR) is 105 cm³/mol. The smallest absolute Gasteiger partial charge is 0.304 e. The number of benzene rings is 3. The fourth-order valence-electron chi connectivity index (χ4n) is 3.94. The predicted octanol–water partition coefficient (Wildman–Crippen LogP) is 5.12. The lowest BCUT2D eigenvalue weighted by Crippen LogP contribution is -2.16. The highest BCUT2D eigenvalue weighted by Crippen LogP contribution is 2.32. The van der Waals surface area contributed by atoms with Gasteiger partial charge in [-0.1, -0.05) is 36.4 Å². The molecule has 0 heterocycles. The van der Waals surface area contributed by atoms with Crippen molar-refractivity contribution in [1.82, 2.24) is 0 Å². The Labute approximate surface area is 167 Å². The molecule has 0 bridgehead atoms. The van der Waals surface area contributed by atoms with E-state index >= 15 is 0 Å². The molecule has 1 atom stereocenters. The summed E-state index contributed by atoms with van der Waals surface area (Å²) < 4.78 is 34.0. The van der Waals surface area contributed by atoms with Crippen LogP contribution in [0.4, 0.5) is 8.78 Å². The number of carboxylic acid groups (broad SMARTS) is 1. The maximum atomic E-state index is 14.3. The van der Waals surface area contributed by atoms with E-state index in [1.807, 2.05) is 12.1 Å². The van der Waals surface area contributed by atoms with Crippen LogP contribution in [-0.2, 0) is 17.6 Å². The van der Waals surface area contributed by atoms with Crippen LogP contribution in [0.15, 0.2) is 66.7 Å². The summed E-state index contributed by atoms with van der Waals surface area (Å²) in [5.41, 5.74) is 3.21. The third-order valence-electron chi connectivity index (χ3n) is 5.31. The molecule has 0 spiro atoms. The van der Waals surface area contributed by atoms with E-state index in [9.17, 15) is 18.7 Å². The lowest BCUT2D eigenvalue weighted by Gasteiger charge is -2.18. The molecule has 1 aliphatic carbocycles. The quantitative estimate of drug-likeness (QED) is 0.631. The lowest BCUT2D eigenvalue weighted by atomic mass is 9.88. The van der Waals surface area contributed by atoms with Gasteiger partial charge in [0.1, 0.15) is 23.5 Å². The second-order valence-corrected chi connectivity index (χ2v) is 7.30. The van der Waals surface area contributed by atoms with Gasteiger partial charge >= 0.3 is 5.97 Å². The van der Waals surface area contributed by atoms with Crippen LogP contribution < -0.4 is 4.74 Å². The fourth-order valence-corrected chi connectivity index (χ4v) is 3.94. The fraction of sp³-hybridized carbons (Fsp3) is 0.208. The van der Waals surface area contributed by atoms with Gasteiger partial charge in [-0.15, -0.1) is 0 Å². The molecule has 4 rings (SSSR count). The molecule has 0 fully saturated rings. The minimum Gasteiger partial charge on any atom is -0.490 e. The molecule has 3 nitrogen and oxygen atoms in total. The molecule has 1 N–H and O–H groups in total. The number of rotatable bonds is 6. The second-order valence-electron chi connectivity index (χ2n) is 7.30. The number of carboxylic acids is 1. The summed E-state index contributed by atoms with van der Waals surface area (Å²) in [5.74, 6) is -2.42. The van der Waals surface area contributed by atoms with E-state index in [1.165, 1.54) is 11.1 Å². The molecule has 29 heavy (non-hydrogen) atoms. The number of hydrogen-bond donors (Lipinski definition) is 1. The molecule has 148 valence electrons. The maximum absolute atomic E-state index is 14.3. The molecular formula is C24H20F2O3. The average molecular weight is 394 g/mol. The van der Waals surface area contributed by atoms with Crippen LogP contribution >= 0.6 is 0 Å². The first-order valence-electron chi connectivity index (χ1n) is 9.50. The minimum atomic E-state index is -1.08. The number of ether oxygens (including phenoxy) is 1. The molecule has 1 unspecified atom stereocenters. The van der Waals surface area contributed by atoms with Crippen molar-refractivity contribution in [3.63, 3.8) is 0 Å². The highest BCUT2D eigenvalue weighted by atomic mass is 19.1. The summed E-state index contributed by atoms with van der Waals surface area (Å²) in [5, 5.41) is 9.26. The molecule has 5 heteroatoms. The van der Waals surface area contributed by atoms with Crippen molar-refractivity contribution in [2.75, 3.05) is 0 Å². The first kappa shape index (κ1) is 19.1. The van der Waals surface area contributed by atoms with E-state index in [0.29, 0.717) is 11.3 Å². The van der Waals surface area contributed by atoms with Crippen LogP contribution in [0.1, 0.15) is 34.6 Å². The van der Waals surface area contributed by atoms with Gasteiger partial charge in [-0.25, -0.2) is 8.78 Å². The third kappa shape index (κ3) is 4.29.